The Kier molecular flexibility index (Phi) is 6.63. The van der Waals surface area contributed by atoms with Gasteiger partial charge in [-0.2, -0.15) is 0 Å². The fraction of sp³-hybridized carbons (Fsp3) is 0.182. The minimum atomic E-state index is -0.334. The molecule has 150 valence electrons. The molecule has 29 heavy (non-hydrogen) atoms. The Balaban J connectivity index is 1.61. The molecule has 0 aliphatic heterocycles. The SMILES string of the molecule is COc1ccc(NC(=O)c2cc(NCCc3ccc(F)cc3)ccn2)cc1OC. The van der Waals surface area contributed by atoms with Crippen molar-refractivity contribution in [3.05, 3.63) is 77.9 Å². The highest BCUT2D eigenvalue weighted by Crippen LogP contribution is 2.29. The van der Waals surface area contributed by atoms with E-state index in [1.54, 1.807) is 55.8 Å². The molecule has 6 nitrogen and oxygen atoms in total. The van der Waals surface area contributed by atoms with Crippen LogP contribution in [0.3, 0.4) is 0 Å². The summed E-state index contributed by atoms with van der Waals surface area (Å²) in [6.45, 7) is 0.645. The molecule has 0 spiro atoms. The third-order valence-corrected chi connectivity index (χ3v) is 4.29. The molecule has 0 saturated heterocycles. The molecule has 0 unspecified atom stereocenters. The van der Waals surface area contributed by atoms with E-state index in [0.717, 1.165) is 17.7 Å². The van der Waals surface area contributed by atoms with Crippen LogP contribution in [0.5, 0.6) is 11.5 Å². The topological polar surface area (TPSA) is 72.5 Å². The molecule has 1 aromatic heterocycles. The number of pyridine rings is 1. The van der Waals surface area contributed by atoms with Crippen LogP contribution in [0.2, 0.25) is 0 Å². The lowest BCUT2D eigenvalue weighted by Gasteiger charge is -2.11. The molecule has 3 rings (SSSR count). The second-order valence-corrected chi connectivity index (χ2v) is 6.26. The molecular weight excluding hydrogens is 373 g/mol. The Morgan fingerprint density at radius 3 is 2.45 bits per heavy atom. The van der Waals surface area contributed by atoms with Gasteiger partial charge in [-0.25, -0.2) is 4.39 Å². The van der Waals surface area contributed by atoms with E-state index in [2.05, 4.69) is 15.6 Å². The lowest BCUT2D eigenvalue weighted by atomic mass is 10.1. The summed E-state index contributed by atoms with van der Waals surface area (Å²) in [5, 5.41) is 6.05. The summed E-state index contributed by atoms with van der Waals surface area (Å²) < 4.78 is 23.4. The molecule has 2 N–H and O–H groups in total. The lowest BCUT2D eigenvalue weighted by molar-refractivity contribution is 0.102. The van der Waals surface area contributed by atoms with Crippen LogP contribution in [0.1, 0.15) is 16.1 Å². The average Bonchev–Trinajstić information content (AvgIpc) is 2.75. The molecule has 1 heterocycles. The number of carbonyl (C=O) groups is 1. The van der Waals surface area contributed by atoms with Crippen LogP contribution in [0, 0.1) is 5.82 Å². The van der Waals surface area contributed by atoms with Gasteiger partial charge in [-0.1, -0.05) is 12.1 Å². The molecule has 0 radical (unpaired) electrons. The van der Waals surface area contributed by atoms with E-state index in [1.165, 1.54) is 19.2 Å². The van der Waals surface area contributed by atoms with Crippen molar-refractivity contribution < 1.29 is 18.7 Å². The number of methoxy groups -OCH3 is 2. The first-order chi connectivity index (χ1) is 14.1. The van der Waals surface area contributed by atoms with Gasteiger partial charge in [-0.3, -0.25) is 9.78 Å². The highest BCUT2D eigenvalue weighted by atomic mass is 19.1. The van der Waals surface area contributed by atoms with E-state index in [-0.39, 0.29) is 17.4 Å². The predicted molar refractivity (Wildman–Crippen MR) is 110 cm³/mol. The molecule has 3 aromatic rings. The van der Waals surface area contributed by atoms with Crippen molar-refractivity contribution in [1.29, 1.82) is 0 Å². The standard InChI is InChI=1S/C22H22FN3O3/c1-28-20-8-7-18(14-21(20)29-2)26-22(27)19-13-17(10-12-25-19)24-11-9-15-3-5-16(23)6-4-15/h3-8,10,12-14H,9,11H2,1-2H3,(H,24,25)(H,26,27). The van der Waals surface area contributed by atoms with Gasteiger partial charge in [0.05, 0.1) is 14.2 Å². The third kappa shape index (κ3) is 5.44. The third-order valence-electron chi connectivity index (χ3n) is 4.29. The molecule has 2 aromatic carbocycles. The molecule has 0 bridgehead atoms. The molecule has 0 aliphatic rings. The molecule has 7 heteroatoms. The predicted octanol–water partition coefficient (Wildman–Crippen LogP) is 4.14. The number of hydrogen-bond acceptors (Lipinski definition) is 5. The first-order valence-corrected chi connectivity index (χ1v) is 9.07. The van der Waals surface area contributed by atoms with Crippen LogP contribution in [0.15, 0.2) is 60.8 Å². The summed E-state index contributed by atoms with van der Waals surface area (Å²) in [5.74, 6) is 0.519. The van der Waals surface area contributed by atoms with E-state index in [1.807, 2.05) is 0 Å². The molecule has 0 aliphatic carbocycles. The van der Waals surface area contributed by atoms with Crippen LogP contribution < -0.4 is 20.1 Å². The van der Waals surface area contributed by atoms with Crippen molar-refractivity contribution in [2.45, 2.75) is 6.42 Å². The molecule has 0 atom stereocenters. The van der Waals surface area contributed by atoms with Gasteiger partial charge in [0, 0.05) is 30.2 Å². The number of hydrogen-bond donors (Lipinski definition) is 2. The number of amides is 1. The van der Waals surface area contributed by atoms with Gasteiger partial charge in [0.1, 0.15) is 11.5 Å². The van der Waals surface area contributed by atoms with Gasteiger partial charge >= 0.3 is 0 Å². The number of benzene rings is 2. The summed E-state index contributed by atoms with van der Waals surface area (Å²) in [6, 6.07) is 15.0. The highest BCUT2D eigenvalue weighted by Gasteiger charge is 2.11. The van der Waals surface area contributed by atoms with Crippen LogP contribution in [0.25, 0.3) is 0 Å². The molecular formula is C22H22FN3O3. The van der Waals surface area contributed by atoms with Crippen molar-refractivity contribution in [3.8, 4) is 11.5 Å². The van der Waals surface area contributed by atoms with Gasteiger partial charge in [-0.05, 0) is 48.4 Å². The molecule has 0 fully saturated rings. The minimum Gasteiger partial charge on any atom is -0.493 e. The van der Waals surface area contributed by atoms with E-state index < -0.39 is 0 Å². The first kappa shape index (κ1) is 20.1. The number of rotatable bonds is 8. The number of aromatic nitrogens is 1. The van der Waals surface area contributed by atoms with Crippen molar-refractivity contribution in [2.24, 2.45) is 0 Å². The second kappa shape index (κ2) is 9.54. The quantitative estimate of drug-likeness (QED) is 0.600. The fourth-order valence-corrected chi connectivity index (χ4v) is 2.78. The molecule has 0 saturated carbocycles. The Morgan fingerprint density at radius 1 is 0.966 bits per heavy atom. The maximum atomic E-state index is 13.0. The van der Waals surface area contributed by atoms with Crippen LogP contribution in [-0.2, 0) is 6.42 Å². The van der Waals surface area contributed by atoms with Gasteiger partial charge in [-0.15, -0.1) is 0 Å². The van der Waals surface area contributed by atoms with Crippen molar-refractivity contribution >= 4 is 17.3 Å². The summed E-state index contributed by atoms with van der Waals surface area (Å²) in [5.41, 5.74) is 2.66. The van der Waals surface area contributed by atoms with E-state index in [9.17, 15) is 9.18 Å². The van der Waals surface area contributed by atoms with E-state index >= 15 is 0 Å². The van der Waals surface area contributed by atoms with Gasteiger partial charge in [0.25, 0.3) is 5.91 Å². The van der Waals surface area contributed by atoms with Crippen LogP contribution >= 0.6 is 0 Å². The Bertz CT molecular complexity index is 977. The van der Waals surface area contributed by atoms with Crippen LogP contribution in [-0.4, -0.2) is 31.7 Å². The maximum absolute atomic E-state index is 13.0. The van der Waals surface area contributed by atoms with Crippen molar-refractivity contribution in [2.75, 3.05) is 31.4 Å². The Morgan fingerprint density at radius 2 is 1.72 bits per heavy atom. The zero-order chi connectivity index (χ0) is 20.6. The summed E-state index contributed by atoms with van der Waals surface area (Å²) in [6.07, 6.45) is 2.31. The summed E-state index contributed by atoms with van der Waals surface area (Å²) in [4.78, 5) is 16.7. The Hall–Kier alpha value is -3.61. The summed E-state index contributed by atoms with van der Waals surface area (Å²) in [7, 11) is 3.08. The number of halogens is 1. The zero-order valence-electron chi connectivity index (χ0n) is 16.2. The molecule has 1 amide bonds. The van der Waals surface area contributed by atoms with Gasteiger partial charge in [0.15, 0.2) is 11.5 Å². The Labute approximate surface area is 168 Å². The largest absolute Gasteiger partial charge is 0.493 e. The number of anilines is 2. The normalized spacial score (nSPS) is 10.3. The highest BCUT2D eigenvalue weighted by molar-refractivity contribution is 6.03. The average molecular weight is 395 g/mol. The lowest BCUT2D eigenvalue weighted by Crippen LogP contribution is -2.14. The zero-order valence-corrected chi connectivity index (χ0v) is 16.2. The number of nitrogens with one attached hydrogen (secondary N) is 2. The van der Waals surface area contributed by atoms with Crippen molar-refractivity contribution in [3.63, 3.8) is 0 Å². The minimum absolute atomic E-state index is 0.249. The van der Waals surface area contributed by atoms with Crippen molar-refractivity contribution in [1.82, 2.24) is 4.98 Å². The number of nitrogens with zero attached hydrogens (tertiary/aromatic N) is 1. The second-order valence-electron chi connectivity index (χ2n) is 6.26. The monoisotopic (exact) mass is 395 g/mol. The first-order valence-electron chi connectivity index (χ1n) is 9.07. The fourth-order valence-electron chi connectivity index (χ4n) is 2.78. The van der Waals surface area contributed by atoms with E-state index in [0.29, 0.717) is 23.7 Å². The summed E-state index contributed by atoms with van der Waals surface area (Å²) >= 11 is 0. The maximum Gasteiger partial charge on any atom is 0.274 e. The van der Waals surface area contributed by atoms with E-state index in [4.69, 9.17) is 9.47 Å². The van der Waals surface area contributed by atoms with Gasteiger partial charge < -0.3 is 20.1 Å². The van der Waals surface area contributed by atoms with Gasteiger partial charge in [0.2, 0.25) is 0 Å². The van der Waals surface area contributed by atoms with Crippen LogP contribution in [0.4, 0.5) is 15.8 Å². The number of carbonyl (C=O) groups excluding carboxylic acids is 1. The smallest absolute Gasteiger partial charge is 0.274 e. The number of ether oxygens (including phenoxy) is 2.